The monoisotopic (exact) mass is 374 g/mol. The summed E-state index contributed by atoms with van der Waals surface area (Å²) in [4.78, 5) is 0. The van der Waals surface area contributed by atoms with Crippen molar-refractivity contribution in [2.45, 2.75) is 12.8 Å². The van der Waals surface area contributed by atoms with Gasteiger partial charge in [0.1, 0.15) is 23.1 Å². The van der Waals surface area contributed by atoms with Crippen LogP contribution in [0.25, 0.3) is 11.3 Å². The van der Waals surface area contributed by atoms with Crippen LogP contribution in [0.2, 0.25) is 0 Å². The third kappa shape index (κ3) is 2.91. The summed E-state index contributed by atoms with van der Waals surface area (Å²) in [6, 6.07) is 16.4. The van der Waals surface area contributed by atoms with Gasteiger partial charge in [0.05, 0.1) is 23.8 Å². The fourth-order valence-corrected chi connectivity index (χ4v) is 3.35. The molecule has 2 aromatic carbocycles. The van der Waals surface area contributed by atoms with Crippen molar-refractivity contribution in [3.8, 4) is 34.7 Å². The molecule has 140 valence electrons. The van der Waals surface area contributed by atoms with Gasteiger partial charge < -0.3 is 20.3 Å². The van der Waals surface area contributed by atoms with Crippen LogP contribution >= 0.6 is 0 Å². The molecule has 2 heterocycles. The lowest BCUT2D eigenvalue weighted by Crippen LogP contribution is -2.20. The van der Waals surface area contributed by atoms with Crippen LogP contribution in [-0.2, 0) is 0 Å². The van der Waals surface area contributed by atoms with Crippen molar-refractivity contribution in [2.24, 2.45) is 5.73 Å². The van der Waals surface area contributed by atoms with Crippen LogP contribution in [-0.4, -0.2) is 21.9 Å². The Balaban J connectivity index is 1.85. The number of aromatic hydroxyl groups is 1. The van der Waals surface area contributed by atoms with E-state index in [0.29, 0.717) is 18.1 Å². The summed E-state index contributed by atoms with van der Waals surface area (Å²) >= 11 is 0. The van der Waals surface area contributed by atoms with E-state index in [0.717, 1.165) is 28.1 Å². The van der Waals surface area contributed by atoms with Gasteiger partial charge in [0.15, 0.2) is 0 Å². The molecule has 1 aromatic heterocycles. The number of allylic oxidation sites excluding steroid dienone is 1. The molecule has 0 amide bonds. The number of rotatable bonds is 4. The van der Waals surface area contributed by atoms with E-state index in [2.05, 4.69) is 16.3 Å². The SMILES string of the molecule is CCOc1ccc(-c2[nH]nc3c2[C@H](c2ccc(O)cc2)C(C#N)=C(N)O3)cc1. The zero-order valence-electron chi connectivity index (χ0n) is 15.1. The standard InChI is InChI=1S/C21H18N4O3/c1-2-27-15-9-5-13(6-10-15)19-18-17(12-3-7-14(26)8-4-12)16(11-22)20(23)28-21(18)25-24-19/h3-10,17,26H,2,23H2,1H3,(H,24,25)/t17-/m1/s1. The van der Waals surface area contributed by atoms with Crippen molar-refractivity contribution in [1.82, 2.24) is 10.2 Å². The molecule has 3 aromatic rings. The first-order valence-corrected chi connectivity index (χ1v) is 8.80. The predicted octanol–water partition coefficient (Wildman–Crippen LogP) is 3.40. The highest BCUT2D eigenvalue weighted by molar-refractivity contribution is 5.71. The maximum atomic E-state index is 9.70. The number of fused-ring (bicyclic) bond motifs is 1. The molecule has 1 atom stereocenters. The summed E-state index contributed by atoms with van der Waals surface area (Å²) in [6.07, 6.45) is 0. The number of ether oxygens (including phenoxy) is 2. The number of hydrogen-bond acceptors (Lipinski definition) is 6. The van der Waals surface area contributed by atoms with Gasteiger partial charge in [-0.2, -0.15) is 5.26 Å². The van der Waals surface area contributed by atoms with Gasteiger partial charge in [0.2, 0.25) is 11.8 Å². The average molecular weight is 374 g/mol. The van der Waals surface area contributed by atoms with Gasteiger partial charge in [-0.05, 0) is 48.9 Å². The van der Waals surface area contributed by atoms with Crippen LogP contribution in [0, 0.1) is 11.3 Å². The topological polar surface area (TPSA) is 117 Å². The van der Waals surface area contributed by atoms with E-state index in [-0.39, 0.29) is 11.6 Å². The van der Waals surface area contributed by atoms with Crippen LogP contribution in [0.4, 0.5) is 0 Å². The Hall–Kier alpha value is -3.92. The zero-order chi connectivity index (χ0) is 19.7. The second-order valence-electron chi connectivity index (χ2n) is 6.29. The molecule has 1 aliphatic rings. The highest BCUT2D eigenvalue weighted by Crippen LogP contribution is 2.45. The van der Waals surface area contributed by atoms with Crippen molar-refractivity contribution in [2.75, 3.05) is 6.61 Å². The Morgan fingerprint density at radius 1 is 1.21 bits per heavy atom. The molecule has 0 spiro atoms. The van der Waals surface area contributed by atoms with E-state index >= 15 is 0 Å². The first-order valence-electron chi connectivity index (χ1n) is 8.80. The number of H-pyrrole nitrogens is 1. The minimum atomic E-state index is -0.463. The number of nitrogens with two attached hydrogens (primary N) is 1. The molecule has 0 aliphatic carbocycles. The van der Waals surface area contributed by atoms with Gasteiger partial charge in [-0.25, -0.2) is 0 Å². The highest BCUT2D eigenvalue weighted by Gasteiger charge is 2.35. The van der Waals surface area contributed by atoms with Crippen molar-refractivity contribution >= 4 is 0 Å². The van der Waals surface area contributed by atoms with Gasteiger partial charge >= 0.3 is 0 Å². The van der Waals surface area contributed by atoms with Gasteiger partial charge in [0, 0.05) is 5.56 Å². The Kier molecular flexibility index (Phi) is 4.38. The van der Waals surface area contributed by atoms with Crippen LogP contribution in [0.3, 0.4) is 0 Å². The normalized spacial score (nSPS) is 15.5. The summed E-state index contributed by atoms with van der Waals surface area (Å²) in [6.45, 7) is 2.52. The predicted molar refractivity (Wildman–Crippen MR) is 103 cm³/mol. The van der Waals surface area contributed by atoms with Gasteiger partial charge in [-0.15, -0.1) is 5.10 Å². The molecule has 28 heavy (non-hydrogen) atoms. The number of phenols is 1. The molecular formula is C21H18N4O3. The summed E-state index contributed by atoms with van der Waals surface area (Å²) in [5, 5.41) is 26.6. The maximum Gasteiger partial charge on any atom is 0.244 e. The van der Waals surface area contributed by atoms with E-state index in [1.807, 2.05) is 31.2 Å². The third-order valence-corrected chi connectivity index (χ3v) is 4.62. The molecule has 0 bridgehead atoms. The fourth-order valence-electron chi connectivity index (χ4n) is 3.35. The van der Waals surface area contributed by atoms with Crippen molar-refractivity contribution in [3.05, 3.63) is 71.1 Å². The maximum absolute atomic E-state index is 9.70. The number of nitriles is 1. The van der Waals surface area contributed by atoms with Crippen molar-refractivity contribution in [1.29, 1.82) is 5.26 Å². The number of benzene rings is 2. The second kappa shape index (κ2) is 7.00. The van der Waals surface area contributed by atoms with E-state index in [1.165, 1.54) is 0 Å². The quantitative estimate of drug-likeness (QED) is 0.644. The minimum Gasteiger partial charge on any atom is -0.508 e. The molecule has 4 rings (SSSR count). The first kappa shape index (κ1) is 17.5. The molecule has 7 heteroatoms. The molecule has 4 N–H and O–H groups in total. The number of phenolic OH excluding ortho intramolecular Hbond substituents is 1. The van der Waals surface area contributed by atoms with E-state index in [4.69, 9.17) is 15.2 Å². The first-order chi connectivity index (χ1) is 13.6. The van der Waals surface area contributed by atoms with Crippen molar-refractivity contribution in [3.63, 3.8) is 0 Å². The molecule has 0 saturated heterocycles. The Morgan fingerprint density at radius 2 is 1.93 bits per heavy atom. The summed E-state index contributed by atoms with van der Waals surface area (Å²) in [5.41, 5.74) is 9.41. The lowest BCUT2D eigenvalue weighted by atomic mass is 9.83. The third-order valence-electron chi connectivity index (χ3n) is 4.62. The molecule has 7 nitrogen and oxygen atoms in total. The van der Waals surface area contributed by atoms with E-state index in [9.17, 15) is 10.4 Å². The number of hydrogen-bond donors (Lipinski definition) is 3. The summed E-state index contributed by atoms with van der Waals surface area (Å²) in [7, 11) is 0. The lowest BCUT2D eigenvalue weighted by Gasteiger charge is -2.24. The number of nitrogens with zero attached hydrogens (tertiary/aromatic N) is 2. The number of nitrogens with one attached hydrogen (secondary N) is 1. The van der Waals surface area contributed by atoms with Crippen LogP contribution in [0.5, 0.6) is 17.4 Å². The van der Waals surface area contributed by atoms with Gasteiger partial charge in [-0.1, -0.05) is 12.1 Å². The Morgan fingerprint density at radius 3 is 2.57 bits per heavy atom. The van der Waals surface area contributed by atoms with Crippen molar-refractivity contribution < 1.29 is 14.6 Å². The van der Waals surface area contributed by atoms with E-state index < -0.39 is 5.92 Å². The summed E-state index contributed by atoms with van der Waals surface area (Å²) in [5.74, 6) is 0.809. The minimum absolute atomic E-state index is 0.0258. The molecule has 1 aliphatic heterocycles. The smallest absolute Gasteiger partial charge is 0.244 e. The molecule has 0 unspecified atom stereocenters. The van der Waals surface area contributed by atoms with Gasteiger partial charge in [0.25, 0.3) is 0 Å². The molecule has 0 saturated carbocycles. The van der Waals surface area contributed by atoms with Crippen LogP contribution in [0.15, 0.2) is 60.0 Å². The number of aromatic nitrogens is 2. The summed E-state index contributed by atoms with van der Waals surface area (Å²) < 4.78 is 11.1. The lowest BCUT2D eigenvalue weighted by molar-refractivity contribution is 0.340. The Bertz CT molecular complexity index is 1080. The van der Waals surface area contributed by atoms with Crippen LogP contribution in [0.1, 0.15) is 24.0 Å². The molecular weight excluding hydrogens is 356 g/mol. The van der Waals surface area contributed by atoms with E-state index in [1.54, 1.807) is 24.3 Å². The molecule has 0 fully saturated rings. The van der Waals surface area contributed by atoms with Crippen LogP contribution < -0.4 is 15.2 Å². The average Bonchev–Trinajstić information content (AvgIpc) is 3.12. The molecule has 0 radical (unpaired) electrons. The Labute approximate surface area is 161 Å². The number of aromatic amines is 1. The highest BCUT2D eigenvalue weighted by atomic mass is 16.5. The van der Waals surface area contributed by atoms with Gasteiger partial charge in [-0.3, -0.25) is 5.10 Å². The zero-order valence-corrected chi connectivity index (χ0v) is 15.1. The fraction of sp³-hybridized carbons (Fsp3) is 0.143. The second-order valence-corrected chi connectivity index (χ2v) is 6.29. The largest absolute Gasteiger partial charge is 0.508 e.